The summed E-state index contributed by atoms with van der Waals surface area (Å²) in [5, 5.41) is 10.6. The van der Waals surface area contributed by atoms with Crippen molar-refractivity contribution in [1.29, 1.82) is 0 Å². The Balaban J connectivity index is 3.51. The predicted octanol–water partition coefficient (Wildman–Crippen LogP) is 3.34. The third-order valence-corrected chi connectivity index (χ3v) is 3.69. The molecule has 0 aromatic heterocycles. The fourth-order valence-corrected chi connectivity index (χ4v) is 2.28. The predicted molar refractivity (Wildman–Crippen MR) is 86.1 cm³/mol. The van der Waals surface area contributed by atoms with Crippen LogP contribution in [0.3, 0.4) is 0 Å². The summed E-state index contributed by atoms with van der Waals surface area (Å²) < 4.78 is 0. The summed E-state index contributed by atoms with van der Waals surface area (Å²) in [7, 11) is 0. The van der Waals surface area contributed by atoms with E-state index in [1.807, 2.05) is 6.07 Å². The summed E-state index contributed by atoms with van der Waals surface area (Å²) in [5.74, 6) is 0.325. The van der Waals surface area contributed by atoms with Crippen LogP contribution in [0.4, 0.5) is 0 Å². The van der Waals surface area contributed by atoms with Gasteiger partial charge < -0.3 is 16.6 Å². The average Bonchev–Trinajstić information content (AvgIpc) is 2.26. The van der Waals surface area contributed by atoms with Crippen LogP contribution in [-0.4, -0.2) is 11.7 Å². The highest BCUT2D eigenvalue weighted by Gasteiger charge is 2.26. The summed E-state index contributed by atoms with van der Waals surface area (Å²) in [6.45, 7) is 13.3. The SMILES string of the molecule is CC(C)(C)c1cc([C@@H](N)CCN)c(O)c(C(C)(C)C)c1. The molecule has 0 saturated carbocycles. The first kappa shape index (κ1) is 17.0. The second kappa shape index (κ2) is 5.74. The topological polar surface area (TPSA) is 72.3 Å². The quantitative estimate of drug-likeness (QED) is 0.794. The molecule has 5 N–H and O–H groups in total. The van der Waals surface area contributed by atoms with E-state index in [-0.39, 0.29) is 16.9 Å². The number of phenols is 1. The molecule has 3 heteroatoms. The van der Waals surface area contributed by atoms with Gasteiger partial charge in [-0.1, -0.05) is 47.6 Å². The lowest BCUT2D eigenvalue weighted by Gasteiger charge is -2.28. The number of benzene rings is 1. The molecule has 0 heterocycles. The zero-order chi connectivity index (χ0) is 15.7. The van der Waals surface area contributed by atoms with Crippen LogP contribution >= 0.6 is 0 Å². The number of hydrogen-bond donors (Lipinski definition) is 3. The fraction of sp³-hybridized carbons (Fsp3) is 0.647. The first-order valence-electron chi connectivity index (χ1n) is 7.32. The monoisotopic (exact) mass is 278 g/mol. The Morgan fingerprint density at radius 1 is 1.05 bits per heavy atom. The summed E-state index contributed by atoms with van der Waals surface area (Å²) in [5.41, 5.74) is 14.7. The molecule has 0 fully saturated rings. The minimum atomic E-state index is -0.219. The van der Waals surface area contributed by atoms with Gasteiger partial charge >= 0.3 is 0 Å². The molecule has 1 aromatic rings. The highest BCUT2D eigenvalue weighted by atomic mass is 16.3. The molecule has 114 valence electrons. The van der Waals surface area contributed by atoms with Gasteiger partial charge in [-0.3, -0.25) is 0 Å². The number of aromatic hydroxyl groups is 1. The minimum Gasteiger partial charge on any atom is -0.507 e. The molecule has 0 bridgehead atoms. The molecule has 0 spiro atoms. The molecule has 0 radical (unpaired) electrons. The van der Waals surface area contributed by atoms with Gasteiger partial charge in [-0.2, -0.15) is 0 Å². The van der Waals surface area contributed by atoms with Crippen LogP contribution < -0.4 is 11.5 Å². The second-order valence-corrected chi connectivity index (χ2v) is 7.65. The number of nitrogens with two attached hydrogens (primary N) is 2. The Morgan fingerprint density at radius 2 is 1.60 bits per heavy atom. The molecule has 0 aliphatic carbocycles. The Hall–Kier alpha value is -1.06. The summed E-state index contributed by atoms with van der Waals surface area (Å²) in [6, 6.07) is 3.92. The van der Waals surface area contributed by atoms with Gasteiger partial charge in [0.2, 0.25) is 0 Å². The van der Waals surface area contributed by atoms with E-state index in [0.29, 0.717) is 18.7 Å². The minimum absolute atomic E-state index is 0.0187. The van der Waals surface area contributed by atoms with E-state index in [4.69, 9.17) is 11.5 Å². The molecule has 0 aliphatic rings. The van der Waals surface area contributed by atoms with Gasteiger partial charge in [0.1, 0.15) is 5.75 Å². The van der Waals surface area contributed by atoms with Crippen molar-refractivity contribution in [3.8, 4) is 5.75 Å². The molecule has 1 atom stereocenters. The van der Waals surface area contributed by atoms with Gasteiger partial charge in [-0.25, -0.2) is 0 Å². The van der Waals surface area contributed by atoms with Crippen molar-refractivity contribution in [2.45, 2.75) is 64.8 Å². The largest absolute Gasteiger partial charge is 0.507 e. The Labute approximate surface area is 123 Å². The lowest BCUT2D eigenvalue weighted by Crippen LogP contribution is -2.21. The number of rotatable bonds is 3. The van der Waals surface area contributed by atoms with Crippen LogP contribution in [0.2, 0.25) is 0 Å². The zero-order valence-corrected chi connectivity index (χ0v) is 13.7. The number of hydrogen-bond acceptors (Lipinski definition) is 3. The van der Waals surface area contributed by atoms with E-state index >= 15 is 0 Å². The Kier molecular flexibility index (Phi) is 4.88. The van der Waals surface area contributed by atoms with Crippen LogP contribution in [0, 0.1) is 0 Å². The molecule has 0 saturated heterocycles. The van der Waals surface area contributed by atoms with Crippen LogP contribution in [0.5, 0.6) is 5.75 Å². The third-order valence-electron chi connectivity index (χ3n) is 3.69. The standard InChI is InChI=1S/C17H30N2O/c1-16(2,3)11-9-12(14(19)7-8-18)15(20)13(10-11)17(4,5)6/h9-10,14,20H,7-8,18-19H2,1-6H3/t14-/m0/s1. The fourth-order valence-electron chi connectivity index (χ4n) is 2.28. The maximum Gasteiger partial charge on any atom is 0.124 e. The van der Waals surface area contributed by atoms with Crippen molar-refractivity contribution in [2.75, 3.05) is 6.54 Å². The average molecular weight is 278 g/mol. The highest BCUT2D eigenvalue weighted by Crippen LogP contribution is 2.39. The van der Waals surface area contributed by atoms with E-state index in [0.717, 1.165) is 11.1 Å². The second-order valence-electron chi connectivity index (χ2n) is 7.65. The van der Waals surface area contributed by atoms with Gasteiger partial charge in [0, 0.05) is 11.6 Å². The normalized spacial score (nSPS) is 14.4. The van der Waals surface area contributed by atoms with Gasteiger partial charge in [-0.05, 0) is 41.0 Å². The Bertz CT molecular complexity index is 467. The lowest BCUT2D eigenvalue weighted by atomic mass is 9.78. The van der Waals surface area contributed by atoms with Gasteiger partial charge in [0.25, 0.3) is 0 Å². The lowest BCUT2D eigenvalue weighted by molar-refractivity contribution is 0.430. The van der Waals surface area contributed by atoms with E-state index in [1.165, 1.54) is 5.56 Å². The first-order valence-corrected chi connectivity index (χ1v) is 7.32. The molecule has 20 heavy (non-hydrogen) atoms. The van der Waals surface area contributed by atoms with Crippen molar-refractivity contribution < 1.29 is 5.11 Å². The molecule has 3 nitrogen and oxygen atoms in total. The maximum absolute atomic E-state index is 10.6. The van der Waals surface area contributed by atoms with Gasteiger partial charge in [0.05, 0.1) is 0 Å². The molecule has 1 aromatic carbocycles. The first-order chi connectivity index (χ1) is 8.98. The van der Waals surface area contributed by atoms with E-state index in [2.05, 4.69) is 47.6 Å². The summed E-state index contributed by atoms with van der Waals surface area (Å²) in [4.78, 5) is 0. The smallest absolute Gasteiger partial charge is 0.124 e. The molecular formula is C17H30N2O. The van der Waals surface area contributed by atoms with Crippen molar-refractivity contribution in [2.24, 2.45) is 11.5 Å². The maximum atomic E-state index is 10.6. The zero-order valence-electron chi connectivity index (χ0n) is 13.7. The third kappa shape index (κ3) is 3.74. The van der Waals surface area contributed by atoms with Crippen molar-refractivity contribution in [3.63, 3.8) is 0 Å². The summed E-state index contributed by atoms with van der Waals surface area (Å²) >= 11 is 0. The van der Waals surface area contributed by atoms with Crippen molar-refractivity contribution >= 4 is 0 Å². The van der Waals surface area contributed by atoms with E-state index < -0.39 is 0 Å². The van der Waals surface area contributed by atoms with Gasteiger partial charge in [0.15, 0.2) is 0 Å². The van der Waals surface area contributed by atoms with E-state index in [1.54, 1.807) is 0 Å². The highest BCUT2D eigenvalue weighted by molar-refractivity contribution is 5.49. The van der Waals surface area contributed by atoms with E-state index in [9.17, 15) is 5.11 Å². The molecule has 0 unspecified atom stereocenters. The van der Waals surface area contributed by atoms with Crippen LogP contribution in [0.1, 0.15) is 70.7 Å². The van der Waals surface area contributed by atoms with Crippen LogP contribution in [0.25, 0.3) is 0 Å². The summed E-state index contributed by atoms with van der Waals surface area (Å²) in [6.07, 6.45) is 0.671. The molecule has 0 aliphatic heterocycles. The van der Waals surface area contributed by atoms with Crippen molar-refractivity contribution in [1.82, 2.24) is 0 Å². The van der Waals surface area contributed by atoms with Gasteiger partial charge in [-0.15, -0.1) is 0 Å². The molecule has 0 amide bonds. The van der Waals surface area contributed by atoms with Crippen LogP contribution in [-0.2, 0) is 10.8 Å². The van der Waals surface area contributed by atoms with Crippen LogP contribution in [0.15, 0.2) is 12.1 Å². The Morgan fingerprint density at radius 3 is 2.00 bits per heavy atom. The molecule has 1 rings (SSSR count). The molecular weight excluding hydrogens is 248 g/mol. The van der Waals surface area contributed by atoms with Crippen molar-refractivity contribution in [3.05, 3.63) is 28.8 Å². The number of phenolic OH excluding ortho intramolecular Hbond substituents is 1.